The second-order valence-corrected chi connectivity index (χ2v) is 4.75. The summed E-state index contributed by atoms with van der Waals surface area (Å²) in [7, 11) is 0. The maximum Gasteiger partial charge on any atom is 0.0707 e. The Hall–Kier alpha value is -0.670. The Morgan fingerprint density at radius 1 is 1.53 bits per heavy atom. The zero-order valence-corrected chi connectivity index (χ0v) is 11.5. The molecule has 1 rings (SSSR count). The Balaban J connectivity index is 2.91. The molecule has 0 aliphatic heterocycles. The summed E-state index contributed by atoms with van der Waals surface area (Å²) in [6.45, 7) is 5.93. The smallest absolute Gasteiger partial charge is 0.0707 e. The molecule has 0 fully saturated rings. The summed E-state index contributed by atoms with van der Waals surface area (Å²) in [6, 6.07) is 3.83. The van der Waals surface area contributed by atoms with Gasteiger partial charge >= 0.3 is 0 Å². The first-order valence-electron chi connectivity index (χ1n) is 4.44. The van der Waals surface area contributed by atoms with Crippen LogP contribution in [0.3, 0.4) is 0 Å². The first kappa shape index (κ1) is 12.4. The Bertz CT molecular complexity index is 419. The highest BCUT2D eigenvalue weighted by Crippen LogP contribution is 2.19. The monoisotopic (exact) mass is 327 g/mol. The molecule has 0 saturated carbocycles. The highest BCUT2D eigenvalue weighted by Gasteiger charge is 1.98. The van der Waals surface area contributed by atoms with Gasteiger partial charge in [-0.25, -0.2) is 0 Å². The van der Waals surface area contributed by atoms with Gasteiger partial charge in [-0.1, -0.05) is 50.6 Å². The molecule has 0 bridgehead atoms. The molecule has 0 aliphatic rings. The lowest BCUT2D eigenvalue weighted by molar-refractivity contribution is 1.27. The minimum Gasteiger partial charge on any atom is -0.256 e. The van der Waals surface area contributed by atoms with Gasteiger partial charge in [0.25, 0.3) is 0 Å². The van der Waals surface area contributed by atoms with Gasteiger partial charge in [-0.2, -0.15) is 0 Å². The highest BCUT2D eigenvalue weighted by molar-refractivity contribution is 9.12. The van der Waals surface area contributed by atoms with E-state index in [2.05, 4.69) is 43.4 Å². The van der Waals surface area contributed by atoms with Crippen molar-refractivity contribution >= 4 is 37.4 Å². The Labute approximate surface area is 107 Å². The van der Waals surface area contributed by atoms with E-state index >= 15 is 0 Å². The Kier molecular flexibility index (Phi) is 4.99. The molecule has 0 N–H and O–H groups in total. The van der Waals surface area contributed by atoms with E-state index in [1.54, 1.807) is 6.20 Å². The lowest BCUT2D eigenvalue weighted by Gasteiger charge is -2.00. The van der Waals surface area contributed by atoms with Crippen molar-refractivity contribution in [2.75, 3.05) is 0 Å². The second-order valence-electron chi connectivity index (χ2n) is 2.91. The largest absolute Gasteiger partial charge is 0.256 e. The number of allylic oxidation sites excluding steroid dienone is 5. The molecule has 15 heavy (non-hydrogen) atoms. The molecule has 0 atom stereocenters. The van der Waals surface area contributed by atoms with E-state index in [1.165, 1.54) is 0 Å². The molecule has 0 unspecified atom stereocenters. The third-order valence-corrected chi connectivity index (χ3v) is 2.68. The minimum absolute atomic E-state index is 0.867. The molecule has 0 radical (unpaired) electrons. The standard InChI is InChI=1S/C12H11Br2N/c1-3-4-10(13)7-9(2)12-8-11(14)5-6-15-12/h3-8H,2H2,1H3/b4-3-,10-7+. The Morgan fingerprint density at radius 3 is 2.87 bits per heavy atom. The van der Waals surface area contributed by atoms with Gasteiger partial charge < -0.3 is 0 Å². The molecular formula is C12H11Br2N. The fraction of sp³-hybridized carbons (Fsp3) is 0.0833. The van der Waals surface area contributed by atoms with E-state index < -0.39 is 0 Å². The number of hydrogen-bond donors (Lipinski definition) is 0. The van der Waals surface area contributed by atoms with Crippen molar-refractivity contribution in [3.63, 3.8) is 0 Å². The summed E-state index contributed by atoms with van der Waals surface area (Å²) in [6.07, 6.45) is 7.61. The van der Waals surface area contributed by atoms with Gasteiger partial charge in [-0.3, -0.25) is 4.98 Å². The molecule has 0 aliphatic carbocycles. The third-order valence-electron chi connectivity index (χ3n) is 1.69. The van der Waals surface area contributed by atoms with Crippen LogP contribution in [0.5, 0.6) is 0 Å². The van der Waals surface area contributed by atoms with E-state index in [1.807, 2.05) is 37.3 Å². The molecule has 0 aromatic carbocycles. The number of pyridine rings is 1. The maximum absolute atomic E-state index is 4.23. The molecule has 1 aromatic heterocycles. The van der Waals surface area contributed by atoms with Gasteiger partial charge in [0.15, 0.2) is 0 Å². The zero-order chi connectivity index (χ0) is 11.3. The molecule has 1 heterocycles. The van der Waals surface area contributed by atoms with Crippen LogP contribution in [-0.4, -0.2) is 4.98 Å². The summed E-state index contributed by atoms with van der Waals surface area (Å²) >= 11 is 6.83. The minimum atomic E-state index is 0.867. The highest BCUT2D eigenvalue weighted by atomic mass is 79.9. The SMILES string of the molecule is C=C(/C=C(Br)\C=C/C)c1cc(Br)ccn1. The molecule has 1 aromatic rings. The molecular weight excluding hydrogens is 318 g/mol. The average Bonchev–Trinajstić information content (AvgIpc) is 2.18. The number of aromatic nitrogens is 1. The summed E-state index contributed by atoms with van der Waals surface area (Å²) in [5.41, 5.74) is 1.74. The number of hydrogen-bond acceptors (Lipinski definition) is 1. The summed E-state index contributed by atoms with van der Waals surface area (Å²) < 4.78 is 1.99. The van der Waals surface area contributed by atoms with Gasteiger partial charge in [-0.15, -0.1) is 0 Å². The lowest BCUT2D eigenvalue weighted by Crippen LogP contribution is -1.84. The molecule has 78 valence electrons. The number of rotatable bonds is 3. The Morgan fingerprint density at radius 2 is 2.27 bits per heavy atom. The second kappa shape index (κ2) is 6.03. The van der Waals surface area contributed by atoms with Crippen LogP contribution in [0.2, 0.25) is 0 Å². The number of nitrogens with zero attached hydrogens (tertiary/aromatic N) is 1. The van der Waals surface area contributed by atoms with Crippen molar-refractivity contribution in [1.82, 2.24) is 4.98 Å². The lowest BCUT2D eigenvalue weighted by atomic mass is 10.2. The first-order valence-corrected chi connectivity index (χ1v) is 6.03. The van der Waals surface area contributed by atoms with Crippen molar-refractivity contribution in [3.05, 3.63) is 57.8 Å². The van der Waals surface area contributed by atoms with Gasteiger partial charge in [-0.05, 0) is 30.7 Å². The fourth-order valence-electron chi connectivity index (χ4n) is 1.03. The zero-order valence-electron chi connectivity index (χ0n) is 8.37. The van der Waals surface area contributed by atoms with Crippen LogP contribution in [0.25, 0.3) is 5.57 Å². The van der Waals surface area contributed by atoms with E-state index in [0.717, 1.165) is 20.2 Å². The molecule has 3 heteroatoms. The molecule has 0 spiro atoms. The van der Waals surface area contributed by atoms with Crippen molar-refractivity contribution in [2.24, 2.45) is 0 Å². The summed E-state index contributed by atoms with van der Waals surface area (Å²) in [5, 5.41) is 0. The van der Waals surface area contributed by atoms with Crippen molar-refractivity contribution < 1.29 is 0 Å². The summed E-state index contributed by atoms with van der Waals surface area (Å²) in [5.74, 6) is 0. The molecule has 0 amide bonds. The van der Waals surface area contributed by atoms with Crippen LogP contribution in [0, 0.1) is 0 Å². The maximum atomic E-state index is 4.23. The summed E-state index contributed by atoms with van der Waals surface area (Å²) in [4.78, 5) is 4.23. The van der Waals surface area contributed by atoms with Gasteiger partial charge in [0.2, 0.25) is 0 Å². The average molecular weight is 329 g/mol. The van der Waals surface area contributed by atoms with Gasteiger partial charge in [0.05, 0.1) is 5.69 Å². The predicted octanol–water partition coefficient (Wildman–Crippen LogP) is 4.71. The quantitative estimate of drug-likeness (QED) is 0.732. The van der Waals surface area contributed by atoms with Crippen LogP contribution in [0.1, 0.15) is 12.6 Å². The van der Waals surface area contributed by atoms with Crippen molar-refractivity contribution in [2.45, 2.75) is 6.92 Å². The van der Waals surface area contributed by atoms with E-state index in [4.69, 9.17) is 0 Å². The van der Waals surface area contributed by atoms with E-state index in [-0.39, 0.29) is 0 Å². The van der Waals surface area contributed by atoms with Crippen molar-refractivity contribution in [3.8, 4) is 0 Å². The van der Waals surface area contributed by atoms with Crippen molar-refractivity contribution in [1.29, 1.82) is 0 Å². The fourth-order valence-corrected chi connectivity index (χ4v) is 1.90. The first-order chi connectivity index (χ1) is 7.13. The van der Waals surface area contributed by atoms with E-state index in [9.17, 15) is 0 Å². The third kappa shape index (κ3) is 4.14. The van der Waals surface area contributed by atoms with Crippen LogP contribution < -0.4 is 0 Å². The van der Waals surface area contributed by atoms with E-state index in [0.29, 0.717) is 0 Å². The topological polar surface area (TPSA) is 12.9 Å². The van der Waals surface area contributed by atoms with Gasteiger partial charge in [0.1, 0.15) is 0 Å². The van der Waals surface area contributed by atoms with Crippen LogP contribution in [-0.2, 0) is 0 Å². The predicted molar refractivity (Wildman–Crippen MR) is 72.8 cm³/mol. The van der Waals surface area contributed by atoms with Crippen LogP contribution in [0.4, 0.5) is 0 Å². The van der Waals surface area contributed by atoms with Gasteiger partial charge in [0, 0.05) is 15.2 Å². The molecule has 0 saturated heterocycles. The van der Waals surface area contributed by atoms with Crippen LogP contribution >= 0.6 is 31.9 Å². The molecule has 1 nitrogen and oxygen atoms in total. The van der Waals surface area contributed by atoms with Crippen LogP contribution in [0.15, 0.2) is 52.1 Å². The number of halogens is 2. The normalized spacial score (nSPS) is 12.1.